The first-order valence-corrected chi connectivity index (χ1v) is 4.58. The number of oxime groups is 1. The van der Waals surface area contributed by atoms with E-state index >= 15 is 0 Å². The van der Waals surface area contributed by atoms with Gasteiger partial charge in [-0.2, -0.15) is 0 Å². The molecular formula is C9H16N2O3. The van der Waals surface area contributed by atoms with Crippen LogP contribution in [-0.4, -0.2) is 35.0 Å². The van der Waals surface area contributed by atoms with Gasteiger partial charge in [0.1, 0.15) is 11.6 Å². The highest BCUT2D eigenvalue weighted by atomic mass is 16.6. The molecule has 0 saturated carbocycles. The molecule has 0 spiro atoms. The van der Waals surface area contributed by atoms with Gasteiger partial charge in [-0.1, -0.05) is 5.16 Å². The molecule has 0 amide bonds. The Labute approximate surface area is 83.1 Å². The first-order valence-electron chi connectivity index (χ1n) is 4.58. The van der Waals surface area contributed by atoms with Crippen molar-refractivity contribution in [1.82, 2.24) is 5.32 Å². The number of hydrogen-bond acceptors (Lipinski definition) is 4. The molecule has 1 atom stereocenters. The highest BCUT2D eigenvalue weighted by Crippen LogP contribution is 2.10. The van der Waals surface area contributed by atoms with Crippen molar-refractivity contribution in [3.8, 4) is 0 Å². The molecule has 1 saturated heterocycles. The predicted molar refractivity (Wildman–Crippen MR) is 52.3 cm³/mol. The number of aliphatic carboxylic acids is 1. The maximum absolute atomic E-state index is 10.6. The molecule has 1 heterocycles. The Morgan fingerprint density at radius 3 is 2.71 bits per heavy atom. The van der Waals surface area contributed by atoms with Crippen molar-refractivity contribution in [1.29, 1.82) is 0 Å². The molecule has 0 aromatic rings. The van der Waals surface area contributed by atoms with E-state index in [4.69, 9.17) is 9.94 Å². The van der Waals surface area contributed by atoms with Gasteiger partial charge in [0.2, 0.25) is 0 Å². The average molecular weight is 200 g/mol. The molecule has 1 aliphatic heterocycles. The number of rotatable bonds is 2. The van der Waals surface area contributed by atoms with Crippen LogP contribution in [0.25, 0.3) is 0 Å². The maximum atomic E-state index is 10.6. The fraction of sp³-hybridized carbons (Fsp3) is 0.778. The van der Waals surface area contributed by atoms with Crippen LogP contribution in [0.1, 0.15) is 27.2 Å². The Balaban J connectivity index is 2.46. The molecule has 0 bridgehead atoms. The summed E-state index contributed by atoms with van der Waals surface area (Å²) in [5.74, 6) is -0.842. The van der Waals surface area contributed by atoms with Gasteiger partial charge in [0.15, 0.2) is 0 Å². The van der Waals surface area contributed by atoms with Crippen molar-refractivity contribution in [2.45, 2.75) is 38.8 Å². The zero-order valence-corrected chi connectivity index (χ0v) is 8.70. The summed E-state index contributed by atoms with van der Waals surface area (Å²) in [6, 6.07) is -0.516. The van der Waals surface area contributed by atoms with Crippen LogP contribution in [-0.2, 0) is 9.63 Å². The lowest BCUT2D eigenvalue weighted by molar-refractivity contribution is -0.138. The van der Waals surface area contributed by atoms with Crippen molar-refractivity contribution >= 4 is 11.7 Å². The summed E-state index contributed by atoms with van der Waals surface area (Å²) in [6.07, 6.45) is 0.422. The van der Waals surface area contributed by atoms with Gasteiger partial charge in [-0.05, 0) is 20.8 Å². The van der Waals surface area contributed by atoms with Gasteiger partial charge in [0, 0.05) is 13.0 Å². The molecule has 0 aliphatic carbocycles. The molecule has 1 rings (SSSR count). The summed E-state index contributed by atoms with van der Waals surface area (Å²) >= 11 is 0. The topological polar surface area (TPSA) is 70.9 Å². The Hall–Kier alpha value is -1.10. The van der Waals surface area contributed by atoms with Crippen LogP contribution in [0.4, 0.5) is 0 Å². The van der Waals surface area contributed by atoms with E-state index in [1.54, 1.807) is 0 Å². The smallest absolute Gasteiger partial charge is 0.321 e. The Bertz CT molecular complexity index is 255. The molecule has 14 heavy (non-hydrogen) atoms. The van der Waals surface area contributed by atoms with Crippen LogP contribution in [0, 0.1) is 0 Å². The molecule has 1 aliphatic rings. The van der Waals surface area contributed by atoms with Gasteiger partial charge in [-0.3, -0.25) is 10.1 Å². The summed E-state index contributed by atoms with van der Waals surface area (Å²) < 4.78 is 0. The molecular weight excluding hydrogens is 184 g/mol. The SMILES string of the molecule is CC(C)(C)ON=C1CNC(C(=O)O)C1. The zero-order valence-electron chi connectivity index (χ0n) is 8.70. The van der Waals surface area contributed by atoms with Gasteiger partial charge >= 0.3 is 5.97 Å². The fourth-order valence-electron chi connectivity index (χ4n) is 1.07. The monoisotopic (exact) mass is 200 g/mol. The van der Waals surface area contributed by atoms with Gasteiger partial charge in [-0.15, -0.1) is 0 Å². The second-order valence-electron chi connectivity index (χ2n) is 4.34. The number of carbonyl (C=O) groups is 1. The number of nitrogens with one attached hydrogen (secondary N) is 1. The lowest BCUT2D eigenvalue weighted by Gasteiger charge is -2.15. The van der Waals surface area contributed by atoms with Crippen molar-refractivity contribution in [3.63, 3.8) is 0 Å². The molecule has 5 heteroatoms. The Kier molecular flexibility index (Phi) is 3.10. The highest BCUT2D eigenvalue weighted by molar-refractivity contribution is 5.94. The second kappa shape index (κ2) is 3.96. The minimum Gasteiger partial charge on any atom is -0.480 e. The predicted octanol–water partition coefficient (Wildman–Crippen LogP) is 0.604. The van der Waals surface area contributed by atoms with E-state index in [2.05, 4.69) is 10.5 Å². The minimum atomic E-state index is -0.842. The second-order valence-corrected chi connectivity index (χ2v) is 4.34. The van der Waals surface area contributed by atoms with E-state index in [9.17, 15) is 4.79 Å². The lowest BCUT2D eigenvalue weighted by Crippen LogP contribution is -2.29. The van der Waals surface area contributed by atoms with E-state index in [0.29, 0.717) is 13.0 Å². The normalized spacial score (nSPS) is 25.4. The molecule has 5 nitrogen and oxygen atoms in total. The van der Waals surface area contributed by atoms with Crippen LogP contribution < -0.4 is 5.32 Å². The zero-order chi connectivity index (χ0) is 10.8. The summed E-state index contributed by atoms with van der Waals surface area (Å²) in [5.41, 5.74) is 0.432. The van der Waals surface area contributed by atoms with E-state index < -0.39 is 12.0 Å². The quantitative estimate of drug-likeness (QED) is 0.640. The molecule has 0 aromatic heterocycles. The number of carboxylic acid groups (broad SMARTS) is 1. The number of nitrogens with zero attached hydrogens (tertiary/aromatic N) is 1. The summed E-state index contributed by atoms with van der Waals surface area (Å²) in [4.78, 5) is 15.8. The van der Waals surface area contributed by atoms with E-state index in [1.165, 1.54) is 0 Å². The lowest BCUT2D eigenvalue weighted by atomic mass is 10.2. The third-order valence-corrected chi connectivity index (χ3v) is 1.74. The largest absolute Gasteiger partial charge is 0.480 e. The summed E-state index contributed by atoms with van der Waals surface area (Å²) in [7, 11) is 0. The molecule has 0 radical (unpaired) electrons. The minimum absolute atomic E-state index is 0.325. The van der Waals surface area contributed by atoms with Gasteiger partial charge in [0.25, 0.3) is 0 Å². The number of hydrogen-bond donors (Lipinski definition) is 2. The average Bonchev–Trinajstić information content (AvgIpc) is 2.47. The molecule has 2 N–H and O–H groups in total. The maximum Gasteiger partial charge on any atom is 0.321 e. The van der Waals surface area contributed by atoms with Gasteiger partial charge in [-0.25, -0.2) is 0 Å². The van der Waals surface area contributed by atoms with Crippen LogP contribution in [0.15, 0.2) is 5.16 Å². The highest BCUT2D eigenvalue weighted by Gasteiger charge is 2.26. The Morgan fingerprint density at radius 2 is 2.29 bits per heavy atom. The van der Waals surface area contributed by atoms with Crippen LogP contribution in [0.5, 0.6) is 0 Å². The summed E-state index contributed by atoms with van der Waals surface area (Å²) in [6.45, 7) is 6.18. The summed E-state index contributed by atoms with van der Waals surface area (Å²) in [5, 5.41) is 15.5. The van der Waals surface area contributed by atoms with E-state index in [1.807, 2.05) is 20.8 Å². The number of carboxylic acids is 1. The van der Waals surface area contributed by atoms with Crippen molar-refractivity contribution in [2.24, 2.45) is 5.16 Å². The van der Waals surface area contributed by atoms with Gasteiger partial charge in [0.05, 0.1) is 5.71 Å². The van der Waals surface area contributed by atoms with Crippen molar-refractivity contribution in [3.05, 3.63) is 0 Å². The fourth-order valence-corrected chi connectivity index (χ4v) is 1.07. The van der Waals surface area contributed by atoms with Gasteiger partial charge < -0.3 is 9.94 Å². The van der Waals surface area contributed by atoms with Crippen molar-refractivity contribution < 1.29 is 14.7 Å². The third kappa shape index (κ3) is 3.33. The van der Waals surface area contributed by atoms with Crippen LogP contribution >= 0.6 is 0 Å². The van der Waals surface area contributed by atoms with E-state index in [0.717, 1.165) is 5.71 Å². The standard InChI is InChI=1S/C9H16N2O3/c1-9(2,3)14-11-6-4-7(8(12)13)10-5-6/h7,10H,4-5H2,1-3H3,(H,12,13). The van der Waals surface area contributed by atoms with Crippen molar-refractivity contribution in [2.75, 3.05) is 6.54 Å². The molecule has 1 unspecified atom stereocenters. The third-order valence-electron chi connectivity index (χ3n) is 1.74. The van der Waals surface area contributed by atoms with Crippen LogP contribution in [0.2, 0.25) is 0 Å². The van der Waals surface area contributed by atoms with Crippen LogP contribution in [0.3, 0.4) is 0 Å². The van der Waals surface area contributed by atoms with E-state index in [-0.39, 0.29) is 5.60 Å². The molecule has 0 aromatic carbocycles. The Morgan fingerprint density at radius 1 is 1.64 bits per heavy atom. The first-order chi connectivity index (χ1) is 6.38. The molecule has 80 valence electrons. The first kappa shape index (κ1) is 11.0. The molecule has 1 fully saturated rings.